The summed E-state index contributed by atoms with van der Waals surface area (Å²) < 4.78 is 5.84. The summed E-state index contributed by atoms with van der Waals surface area (Å²) in [7, 11) is 0. The molecule has 0 bridgehead atoms. The number of esters is 1. The summed E-state index contributed by atoms with van der Waals surface area (Å²) in [5.74, 6) is -2.37. The molecule has 0 spiro atoms. The van der Waals surface area contributed by atoms with Gasteiger partial charge in [-0.05, 0) is 18.9 Å². The molecular formula is C26H38O7S. The highest BCUT2D eigenvalue weighted by atomic mass is 32.2. The first-order valence-corrected chi connectivity index (χ1v) is 13.4. The maximum Gasteiger partial charge on any atom is 0.306 e. The monoisotopic (exact) mass is 494 g/mol. The second kappa shape index (κ2) is 8.44. The molecule has 34 heavy (non-hydrogen) atoms. The number of aliphatic hydroxyl groups is 4. The minimum atomic E-state index is -1.81. The van der Waals surface area contributed by atoms with Crippen molar-refractivity contribution in [3.05, 3.63) is 23.3 Å². The van der Waals surface area contributed by atoms with Crippen LogP contribution >= 0.6 is 11.8 Å². The molecule has 2 saturated carbocycles. The third-order valence-electron chi connectivity index (χ3n) is 9.04. The highest BCUT2D eigenvalue weighted by Crippen LogP contribution is 2.75. The predicted molar refractivity (Wildman–Crippen MR) is 129 cm³/mol. The van der Waals surface area contributed by atoms with Crippen molar-refractivity contribution in [1.82, 2.24) is 0 Å². The summed E-state index contributed by atoms with van der Waals surface area (Å²) in [6.45, 7) is 9.14. The fourth-order valence-corrected chi connectivity index (χ4v) is 8.00. The molecule has 0 heterocycles. The van der Waals surface area contributed by atoms with Crippen LogP contribution in [0, 0.1) is 29.1 Å². The smallest absolute Gasteiger partial charge is 0.306 e. The Bertz CT molecular complexity index is 941. The van der Waals surface area contributed by atoms with Gasteiger partial charge in [0.05, 0.1) is 12.2 Å². The fraction of sp³-hybridized carbons (Fsp3) is 0.769. The average Bonchev–Trinajstić information content (AvgIpc) is 3.15. The van der Waals surface area contributed by atoms with Gasteiger partial charge in [-0.25, -0.2) is 0 Å². The molecule has 4 rings (SSSR count). The molecule has 0 aliphatic heterocycles. The van der Waals surface area contributed by atoms with Crippen molar-refractivity contribution in [2.45, 2.75) is 76.8 Å². The summed E-state index contributed by atoms with van der Waals surface area (Å²) in [5.41, 5.74) is -4.14. The van der Waals surface area contributed by atoms with Crippen molar-refractivity contribution in [3.63, 3.8) is 0 Å². The molecular weight excluding hydrogens is 456 g/mol. The van der Waals surface area contributed by atoms with E-state index in [0.717, 1.165) is 5.57 Å². The van der Waals surface area contributed by atoms with Gasteiger partial charge in [0.25, 0.3) is 0 Å². The number of hydrogen-bond acceptors (Lipinski definition) is 8. The molecule has 4 N–H and O–H groups in total. The van der Waals surface area contributed by atoms with Gasteiger partial charge in [0.1, 0.15) is 17.3 Å². The number of Topliss-reactive ketones (excluding diaryl/α,β-unsaturated/α-hetero) is 1. The first-order chi connectivity index (χ1) is 15.8. The van der Waals surface area contributed by atoms with Crippen LogP contribution in [0.3, 0.4) is 0 Å². The highest BCUT2D eigenvalue weighted by molar-refractivity contribution is 7.99. The summed E-state index contributed by atoms with van der Waals surface area (Å²) in [5, 5.41) is 45.4. The van der Waals surface area contributed by atoms with Crippen LogP contribution in [0.25, 0.3) is 0 Å². The number of fused-ring (bicyclic) bond motifs is 5. The minimum absolute atomic E-state index is 0.0229. The lowest BCUT2D eigenvalue weighted by molar-refractivity contribution is -0.221. The molecule has 190 valence electrons. The van der Waals surface area contributed by atoms with Crippen molar-refractivity contribution in [3.8, 4) is 0 Å². The predicted octanol–water partition coefficient (Wildman–Crippen LogP) is 2.01. The minimum Gasteiger partial charge on any atom is -0.459 e. The number of aliphatic hydroxyl groups excluding tert-OH is 1. The second-order valence-corrected chi connectivity index (χ2v) is 12.4. The van der Waals surface area contributed by atoms with Gasteiger partial charge < -0.3 is 25.2 Å². The van der Waals surface area contributed by atoms with Crippen molar-refractivity contribution in [2.75, 3.05) is 18.1 Å². The van der Waals surface area contributed by atoms with Gasteiger partial charge in [-0.15, -0.1) is 0 Å². The largest absolute Gasteiger partial charge is 0.459 e. The van der Waals surface area contributed by atoms with Crippen LogP contribution < -0.4 is 0 Å². The van der Waals surface area contributed by atoms with Gasteiger partial charge >= 0.3 is 5.97 Å². The van der Waals surface area contributed by atoms with Crippen LogP contribution in [0.1, 0.15) is 53.9 Å². The van der Waals surface area contributed by atoms with E-state index in [1.807, 2.05) is 26.8 Å². The number of hydrogen-bond donors (Lipinski definition) is 4. The molecule has 0 radical (unpaired) electrons. The Morgan fingerprint density at radius 2 is 1.91 bits per heavy atom. The van der Waals surface area contributed by atoms with Crippen LogP contribution in [0.4, 0.5) is 0 Å². The third kappa shape index (κ3) is 3.32. The van der Waals surface area contributed by atoms with E-state index in [9.17, 15) is 30.0 Å². The molecule has 8 heteroatoms. The van der Waals surface area contributed by atoms with E-state index in [-0.39, 0.29) is 19.4 Å². The Kier molecular flexibility index (Phi) is 6.43. The van der Waals surface area contributed by atoms with E-state index in [1.165, 1.54) is 11.8 Å². The van der Waals surface area contributed by atoms with E-state index >= 15 is 0 Å². The molecule has 7 nitrogen and oxygen atoms in total. The van der Waals surface area contributed by atoms with Crippen LogP contribution in [-0.2, 0) is 14.3 Å². The summed E-state index contributed by atoms with van der Waals surface area (Å²) in [4.78, 5) is 25.7. The fourth-order valence-electron chi connectivity index (χ4n) is 7.27. The standard InChI is InChI=1S/C26H38O7S/c1-6-7-19(28)33-22-15(3)25(31)17(20-23(4,5)26(20,22)32)11-16(13-34-9-8-27)12-24(30)18(25)10-14(2)21(24)29/h10-11,15,17-18,20,22,27,30-32H,6-9,12-13H2,1-5H3/t15-,17+,18-,20-,22-,24-,25-,26-/m1/s1. The molecule has 4 aliphatic carbocycles. The number of ketones is 1. The lowest BCUT2D eigenvalue weighted by Gasteiger charge is -2.52. The topological polar surface area (TPSA) is 124 Å². The maximum absolute atomic E-state index is 13.2. The van der Waals surface area contributed by atoms with Gasteiger partial charge in [0.15, 0.2) is 5.78 Å². The number of ether oxygens (including phenoxy) is 1. The maximum atomic E-state index is 13.2. The Balaban J connectivity index is 1.85. The SMILES string of the molecule is CCCC(=O)O[C@@H]1[C@@H](C)[C@@]2(O)[C@@H](C=C(CSCCO)C[C@]3(O)C(=O)C(C)=C[C@@H]23)[C@@H]2C(C)(C)[C@]12O. The lowest BCUT2D eigenvalue weighted by atomic mass is 9.59. The van der Waals surface area contributed by atoms with E-state index in [0.29, 0.717) is 23.5 Å². The van der Waals surface area contributed by atoms with Crippen LogP contribution in [-0.4, -0.2) is 73.2 Å². The van der Waals surface area contributed by atoms with E-state index < -0.39 is 63.7 Å². The van der Waals surface area contributed by atoms with Gasteiger partial charge in [-0.1, -0.05) is 45.4 Å². The van der Waals surface area contributed by atoms with Gasteiger partial charge in [-0.3, -0.25) is 9.59 Å². The Morgan fingerprint density at radius 3 is 2.53 bits per heavy atom. The zero-order chi connectivity index (χ0) is 25.3. The van der Waals surface area contributed by atoms with Crippen molar-refractivity contribution < 1.29 is 34.8 Å². The third-order valence-corrected chi connectivity index (χ3v) is 10.1. The lowest BCUT2D eigenvalue weighted by Crippen LogP contribution is -2.65. The Morgan fingerprint density at radius 1 is 1.24 bits per heavy atom. The molecule has 0 aromatic rings. The quantitative estimate of drug-likeness (QED) is 0.241. The molecule has 0 aromatic heterocycles. The zero-order valence-electron chi connectivity index (χ0n) is 20.7. The number of carbonyl (C=O) groups is 2. The second-order valence-electron chi connectivity index (χ2n) is 11.2. The van der Waals surface area contributed by atoms with Crippen LogP contribution in [0.5, 0.6) is 0 Å². The number of rotatable bonds is 7. The van der Waals surface area contributed by atoms with Crippen molar-refractivity contribution in [2.24, 2.45) is 29.1 Å². The van der Waals surface area contributed by atoms with Gasteiger partial charge in [-0.2, -0.15) is 11.8 Å². The molecule has 0 aromatic carbocycles. The zero-order valence-corrected chi connectivity index (χ0v) is 21.5. The van der Waals surface area contributed by atoms with Crippen LogP contribution in [0.15, 0.2) is 23.3 Å². The average molecular weight is 495 g/mol. The van der Waals surface area contributed by atoms with E-state index in [4.69, 9.17) is 4.74 Å². The summed E-state index contributed by atoms with van der Waals surface area (Å²) in [6, 6.07) is 0. The molecule has 2 fully saturated rings. The Labute approximate surface area is 205 Å². The van der Waals surface area contributed by atoms with E-state index in [1.54, 1.807) is 19.9 Å². The van der Waals surface area contributed by atoms with Gasteiger partial charge in [0.2, 0.25) is 0 Å². The summed E-state index contributed by atoms with van der Waals surface area (Å²) in [6.07, 6.45) is 3.56. The number of thioether (sulfide) groups is 1. The Hall–Kier alpha value is -1.19. The highest BCUT2D eigenvalue weighted by Gasteiger charge is 2.85. The van der Waals surface area contributed by atoms with Crippen molar-refractivity contribution >= 4 is 23.5 Å². The molecule has 0 amide bonds. The molecule has 4 aliphatic rings. The first-order valence-electron chi connectivity index (χ1n) is 12.3. The van der Waals surface area contributed by atoms with E-state index in [2.05, 4.69) is 0 Å². The molecule has 0 saturated heterocycles. The van der Waals surface area contributed by atoms with Crippen LogP contribution in [0.2, 0.25) is 0 Å². The summed E-state index contributed by atoms with van der Waals surface area (Å²) >= 11 is 1.50. The van der Waals surface area contributed by atoms with Crippen molar-refractivity contribution in [1.29, 1.82) is 0 Å². The molecule has 8 atom stereocenters. The first kappa shape index (κ1) is 25.9. The van der Waals surface area contributed by atoms with Gasteiger partial charge in [0, 0.05) is 53.4 Å². The number of carbonyl (C=O) groups excluding carboxylic acids is 2. The molecule has 0 unspecified atom stereocenters. The normalized spacial score (nSPS) is 44.3.